The van der Waals surface area contributed by atoms with Crippen molar-refractivity contribution in [3.05, 3.63) is 48.0 Å². The van der Waals surface area contributed by atoms with Gasteiger partial charge in [-0.2, -0.15) is 0 Å². The van der Waals surface area contributed by atoms with Crippen LogP contribution in [0.2, 0.25) is 0 Å². The van der Waals surface area contributed by atoms with Gasteiger partial charge in [-0.15, -0.1) is 13.2 Å². The molecule has 32 heavy (non-hydrogen) atoms. The summed E-state index contributed by atoms with van der Waals surface area (Å²) in [5, 5.41) is 12.1. The molecule has 0 unspecified atom stereocenters. The van der Waals surface area contributed by atoms with E-state index in [9.17, 15) is 31.5 Å². The van der Waals surface area contributed by atoms with Crippen molar-refractivity contribution in [1.82, 2.24) is 0 Å². The number of ether oxygens (including phenoxy) is 1. The van der Waals surface area contributed by atoms with Crippen molar-refractivity contribution >= 4 is 27.3 Å². The Bertz CT molecular complexity index is 1060. The molecule has 0 aliphatic carbocycles. The molecule has 2 aromatic carbocycles. The second-order valence-electron chi connectivity index (χ2n) is 7.38. The van der Waals surface area contributed by atoms with Crippen molar-refractivity contribution in [2.45, 2.75) is 38.4 Å². The van der Waals surface area contributed by atoms with Gasteiger partial charge in [-0.1, -0.05) is 26.8 Å². The van der Waals surface area contributed by atoms with E-state index in [1.807, 2.05) is 0 Å². The molecular weight excluding hydrogens is 449 g/mol. The van der Waals surface area contributed by atoms with Gasteiger partial charge in [0.25, 0.3) is 10.0 Å². The highest BCUT2D eigenvalue weighted by Crippen LogP contribution is 2.28. The Balaban J connectivity index is 2.27. The molecule has 0 aromatic heterocycles. The quantitative estimate of drug-likeness (QED) is 0.507. The molecule has 0 bridgehead atoms. The second-order valence-corrected chi connectivity index (χ2v) is 9.03. The number of hydrogen-bond donors (Lipinski definition) is 3. The van der Waals surface area contributed by atoms with Gasteiger partial charge in [0, 0.05) is 11.8 Å². The van der Waals surface area contributed by atoms with E-state index < -0.39 is 28.1 Å². The Morgan fingerprint density at radius 3 is 2.38 bits per heavy atom. The van der Waals surface area contributed by atoms with Crippen molar-refractivity contribution in [3.63, 3.8) is 0 Å². The van der Waals surface area contributed by atoms with Crippen molar-refractivity contribution < 1.29 is 36.2 Å². The first-order valence-electron chi connectivity index (χ1n) is 9.79. The lowest BCUT2D eigenvalue weighted by molar-refractivity contribution is -0.274. The summed E-state index contributed by atoms with van der Waals surface area (Å²) in [5.74, 6) is -1.65. The number of rotatable bonds is 9. The summed E-state index contributed by atoms with van der Waals surface area (Å²) in [6.45, 7) is 5.00. The molecule has 1 atom stereocenters. The van der Waals surface area contributed by atoms with Gasteiger partial charge in [-0.25, -0.2) is 8.42 Å². The average Bonchev–Trinajstić information content (AvgIpc) is 2.66. The standard InChI is InChI=1S/C21H25F3N2O5S/c1-4-14-10-15(25-20(28)18(12-27)13(2)3)8-9-19(14)32(29,30)26-16-6-5-7-17(11-16)31-21(22,23)24/h5-11,13,18,26-27H,4,12H2,1-3H3,(H,25,28)/t18-/m0/s1. The minimum Gasteiger partial charge on any atom is -0.406 e. The van der Waals surface area contributed by atoms with E-state index in [1.54, 1.807) is 20.8 Å². The number of benzene rings is 2. The number of halogens is 3. The van der Waals surface area contributed by atoms with Crippen LogP contribution in [-0.4, -0.2) is 32.4 Å². The van der Waals surface area contributed by atoms with Crippen LogP contribution in [0.1, 0.15) is 26.3 Å². The van der Waals surface area contributed by atoms with Crippen LogP contribution in [0.25, 0.3) is 0 Å². The largest absolute Gasteiger partial charge is 0.573 e. The van der Waals surface area contributed by atoms with Crippen molar-refractivity contribution in [3.8, 4) is 5.75 Å². The fourth-order valence-electron chi connectivity index (χ4n) is 2.99. The number of carbonyl (C=O) groups excluding carboxylic acids is 1. The molecule has 0 aliphatic heterocycles. The number of nitrogens with one attached hydrogen (secondary N) is 2. The highest BCUT2D eigenvalue weighted by molar-refractivity contribution is 7.92. The number of aryl methyl sites for hydroxylation is 1. The summed E-state index contributed by atoms with van der Waals surface area (Å²) in [6, 6.07) is 8.71. The topological polar surface area (TPSA) is 105 Å². The minimum absolute atomic E-state index is 0.0808. The molecule has 1 amide bonds. The highest BCUT2D eigenvalue weighted by Gasteiger charge is 2.31. The first-order chi connectivity index (χ1) is 14.9. The number of hydrogen-bond acceptors (Lipinski definition) is 5. The zero-order valence-electron chi connectivity index (χ0n) is 17.7. The van der Waals surface area contributed by atoms with Gasteiger partial charge < -0.3 is 15.2 Å². The summed E-state index contributed by atoms with van der Waals surface area (Å²) in [4.78, 5) is 12.3. The summed E-state index contributed by atoms with van der Waals surface area (Å²) in [7, 11) is -4.14. The Hall–Kier alpha value is -2.79. The monoisotopic (exact) mass is 474 g/mol. The van der Waals surface area contributed by atoms with Gasteiger partial charge in [-0.05, 0) is 48.2 Å². The number of sulfonamides is 1. The molecule has 0 aliphatic rings. The van der Waals surface area contributed by atoms with Crippen LogP contribution in [0.3, 0.4) is 0 Å². The summed E-state index contributed by atoms with van der Waals surface area (Å²) in [5.41, 5.74) is 0.655. The lowest BCUT2D eigenvalue weighted by Crippen LogP contribution is -2.29. The summed E-state index contributed by atoms with van der Waals surface area (Å²) >= 11 is 0. The van der Waals surface area contributed by atoms with E-state index in [1.165, 1.54) is 30.3 Å². The average molecular weight is 475 g/mol. The van der Waals surface area contributed by atoms with Crippen LogP contribution in [0, 0.1) is 11.8 Å². The molecule has 0 saturated carbocycles. The third-order valence-electron chi connectivity index (χ3n) is 4.66. The Morgan fingerprint density at radius 1 is 1.12 bits per heavy atom. The van der Waals surface area contributed by atoms with Crippen LogP contribution < -0.4 is 14.8 Å². The fourth-order valence-corrected chi connectivity index (χ4v) is 4.34. The van der Waals surface area contributed by atoms with Gasteiger partial charge in [0.1, 0.15) is 5.75 Å². The third-order valence-corrected chi connectivity index (χ3v) is 6.14. The maximum absolute atomic E-state index is 12.9. The van der Waals surface area contributed by atoms with Crippen LogP contribution in [0.5, 0.6) is 5.75 Å². The molecule has 2 rings (SSSR count). The molecule has 176 valence electrons. The smallest absolute Gasteiger partial charge is 0.406 e. The van der Waals surface area contributed by atoms with E-state index in [-0.39, 0.29) is 29.0 Å². The molecule has 7 nitrogen and oxygen atoms in total. The molecule has 0 radical (unpaired) electrons. The van der Waals surface area contributed by atoms with Crippen molar-refractivity contribution in [2.75, 3.05) is 16.6 Å². The first kappa shape index (κ1) is 25.5. The SMILES string of the molecule is CCc1cc(NC(=O)[C@@H](CO)C(C)C)ccc1S(=O)(=O)Nc1cccc(OC(F)(F)F)c1. The predicted molar refractivity (Wildman–Crippen MR) is 114 cm³/mol. The number of alkyl halides is 3. The molecule has 0 fully saturated rings. The van der Waals surface area contributed by atoms with Gasteiger partial charge in [-0.3, -0.25) is 9.52 Å². The summed E-state index contributed by atoms with van der Waals surface area (Å²) in [6.07, 6.45) is -4.59. The Morgan fingerprint density at radius 2 is 1.81 bits per heavy atom. The zero-order chi connectivity index (χ0) is 24.1. The number of carbonyl (C=O) groups is 1. The maximum Gasteiger partial charge on any atom is 0.573 e. The fraction of sp³-hybridized carbons (Fsp3) is 0.381. The zero-order valence-corrected chi connectivity index (χ0v) is 18.5. The predicted octanol–water partition coefficient (Wildman–Crippen LogP) is 4.15. The van der Waals surface area contributed by atoms with E-state index in [4.69, 9.17) is 0 Å². The van der Waals surface area contributed by atoms with E-state index >= 15 is 0 Å². The molecular formula is C21H25F3N2O5S. The van der Waals surface area contributed by atoms with Crippen LogP contribution in [0.4, 0.5) is 24.5 Å². The lowest BCUT2D eigenvalue weighted by Gasteiger charge is -2.19. The molecule has 0 heterocycles. The Labute approximate surface area is 184 Å². The van der Waals surface area contributed by atoms with E-state index in [0.29, 0.717) is 17.7 Å². The van der Waals surface area contributed by atoms with Crippen molar-refractivity contribution in [1.29, 1.82) is 0 Å². The van der Waals surface area contributed by atoms with Crippen LogP contribution in [-0.2, 0) is 21.2 Å². The van der Waals surface area contributed by atoms with E-state index in [0.717, 1.165) is 12.1 Å². The maximum atomic E-state index is 12.9. The number of anilines is 2. The number of aliphatic hydroxyl groups is 1. The van der Waals surface area contributed by atoms with E-state index in [2.05, 4.69) is 14.8 Å². The van der Waals surface area contributed by atoms with Gasteiger partial charge in [0.15, 0.2) is 0 Å². The van der Waals surface area contributed by atoms with Crippen LogP contribution in [0.15, 0.2) is 47.4 Å². The third kappa shape index (κ3) is 6.86. The van der Waals surface area contributed by atoms with Gasteiger partial charge in [0.05, 0.1) is 23.1 Å². The second kappa shape index (κ2) is 10.2. The Kier molecular flexibility index (Phi) is 8.13. The van der Waals surface area contributed by atoms with Gasteiger partial charge in [0.2, 0.25) is 5.91 Å². The number of aliphatic hydroxyl groups excluding tert-OH is 1. The number of amides is 1. The highest BCUT2D eigenvalue weighted by atomic mass is 32.2. The van der Waals surface area contributed by atoms with Gasteiger partial charge >= 0.3 is 6.36 Å². The molecule has 2 aromatic rings. The first-order valence-corrected chi connectivity index (χ1v) is 11.3. The molecule has 11 heteroatoms. The van der Waals surface area contributed by atoms with Crippen LogP contribution >= 0.6 is 0 Å². The minimum atomic E-state index is -4.91. The normalized spacial score (nSPS) is 13.0. The molecule has 0 spiro atoms. The lowest BCUT2D eigenvalue weighted by atomic mass is 9.96. The summed E-state index contributed by atoms with van der Waals surface area (Å²) < 4.78 is 69.0. The molecule has 0 saturated heterocycles. The van der Waals surface area contributed by atoms with Crippen molar-refractivity contribution in [2.24, 2.45) is 11.8 Å². The molecule has 3 N–H and O–H groups in total.